The van der Waals surface area contributed by atoms with Crippen LogP contribution in [0.5, 0.6) is 0 Å². The first-order valence-corrected chi connectivity index (χ1v) is 8.88. The predicted octanol–water partition coefficient (Wildman–Crippen LogP) is 3.68. The lowest BCUT2D eigenvalue weighted by atomic mass is 10.0. The van der Waals surface area contributed by atoms with Gasteiger partial charge in [0.05, 0.1) is 6.61 Å². The summed E-state index contributed by atoms with van der Waals surface area (Å²) in [7, 11) is 1.54. The highest BCUT2D eigenvalue weighted by atomic mass is 16.5. The summed E-state index contributed by atoms with van der Waals surface area (Å²) in [6.45, 7) is 6.11. The van der Waals surface area contributed by atoms with E-state index in [-0.39, 0.29) is 30.9 Å². The topological polar surface area (TPSA) is 77.8 Å². The largest absolute Gasteiger partial charge is 0.450 e. The van der Waals surface area contributed by atoms with Gasteiger partial charge in [0.15, 0.2) is 6.61 Å². The van der Waals surface area contributed by atoms with Gasteiger partial charge in [-0.1, -0.05) is 32.0 Å². The van der Waals surface area contributed by atoms with Crippen LogP contribution in [-0.2, 0) is 20.9 Å². The van der Waals surface area contributed by atoms with Crippen molar-refractivity contribution in [3.05, 3.63) is 35.6 Å². The van der Waals surface area contributed by atoms with E-state index in [9.17, 15) is 9.59 Å². The number of para-hydroxylation sites is 1. The van der Waals surface area contributed by atoms with Gasteiger partial charge < -0.3 is 19.2 Å². The van der Waals surface area contributed by atoms with Crippen molar-refractivity contribution in [2.24, 2.45) is 5.92 Å². The van der Waals surface area contributed by atoms with Crippen LogP contribution >= 0.6 is 0 Å². The molecule has 0 saturated heterocycles. The minimum absolute atomic E-state index is 0.0406. The molecule has 0 aliphatic carbocycles. The van der Waals surface area contributed by atoms with Crippen LogP contribution in [0.25, 0.3) is 11.0 Å². The van der Waals surface area contributed by atoms with Crippen molar-refractivity contribution in [3.8, 4) is 0 Å². The molecule has 0 aliphatic heterocycles. The molecule has 1 N–H and O–H groups in total. The molecule has 1 atom stereocenters. The molecular formula is C20H27NO5. The summed E-state index contributed by atoms with van der Waals surface area (Å²) in [5.41, 5.74) is 1.21. The fourth-order valence-corrected chi connectivity index (χ4v) is 2.72. The van der Waals surface area contributed by atoms with Crippen LogP contribution < -0.4 is 5.32 Å². The van der Waals surface area contributed by atoms with Gasteiger partial charge in [-0.25, -0.2) is 4.79 Å². The molecule has 1 unspecified atom stereocenters. The number of hydrogen-bond acceptors (Lipinski definition) is 5. The number of benzene rings is 1. The Balaban J connectivity index is 1.96. The van der Waals surface area contributed by atoms with Crippen molar-refractivity contribution < 1.29 is 23.5 Å². The summed E-state index contributed by atoms with van der Waals surface area (Å²) >= 11 is 0. The molecule has 0 fully saturated rings. The molecule has 1 amide bonds. The zero-order valence-corrected chi connectivity index (χ0v) is 15.8. The number of nitrogens with one attached hydrogen (secondary N) is 1. The lowest BCUT2D eigenvalue weighted by Crippen LogP contribution is -2.36. The van der Waals surface area contributed by atoms with Gasteiger partial charge in [0, 0.05) is 24.1 Å². The SMILES string of the molecule is COCc1c(C(=O)OCC(=O)NC(C)CCC(C)C)oc2ccccc12. The Hall–Kier alpha value is -2.34. The number of rotatable bonds is 9. The maximum Gasteiger partial charge on any atom is 0.375 e. The maximum atomic E-state index is 12.4. The molecule has 0 saturated carbocycles. The van der Waals surface area contributed by atoms with Gasteiger partial charge in [-0.3, -0.25) is 4.79 Å². The number of fused-ring (bicyclic) bond motifs is 1. The van der Waals surface area contributed by atoms with Crippen molar-refractivity contribution in [2.45, 2.75) is 46.3 Å². The fraction of sp³-hybridized carbons (Fsp3) is 0.500. The van der Waals surface area contributed by atoms with Crippen LogP contribution in [0, 0.1) is 5.92 Å². The van der Waals surface area contributed by atoms with Gasteiger partial charge in [0.25, 0.3) is 5.91 Å². The Bertz CT molecular complexity index is 750. The Kier molecular flexibility index (Phi) is 7.21. The number of amides is 1. The first kappa shape index (κ1) is 20.0. The second-order valence-corrected chi connectivity index (χ2v) is 6.85. The minimum Gasteiger partial charge on any atom is -0.450 e. The van der Waals surface area contributed by atoms with Crippen molar-refractivity contribution in [2.75, 3.05) is 13.7 Å². The number of esters is 1. The lowest BCUT2D eigenvalue weighted by Gasteiger charge is -2.15. The number of furan rings is 1. The molecule has 0 aliphatic rings. The Morgan fingerprint density at radius 1 is 1.15 bits per heavy atom. The number of ether oxygens (including phenoxy) is 2. The van der Waals surface area contributed by atoms with Gasteiger partial charge in [0.1, 0.15) is 5.58 Å². The van der Waals surface area contributed by atoms with Crippen LogP contribution in [-0.4, -0.2) is 31.6 Å². The second kappa shape index (κ2) is 9.38. The van der Waals surface area contributed by atoms with E-state index in [0.717, 1.165) is 18.2 Å². The molecule has 2 aromatic rings. The van der Waals surface area contributed by atoms with E-state index in [1.807, 2.05) is 25.1 Å². The summed E-state index contributed by atoms with van der Waals surface area (Å²) in [6.07, 6.45) is 1.92. The van der Waals surface area contributed by atoms with Crippen LogP contribution in [0.15, 0.2) is 28.7 Å². The standard InChI is InChI=1S/C20H27NO5/c1-13(2)9-10-14(3)21-18(22)12-25-20(23)19-16(11-24-4)15-7-5-6-8-17(15)26-19/h5-8,13-14H,9-12H2,1-4H3,(H,21,22). The smallest absolute Gasteiger partial charge is 0.375 e. The number of carbonyl (C=O) groups excluding carboxylic acids is 2. The van der Waals surface area contributed by atoms with Crippen molar-refractivity contribution in [1.29, 1.82) is 0 Å². The first-order chi connectivity index (χ1) is 12.4. The van der Waals surface area contributed by atoms with Crippen molar-refractivity contribution in [1.82, 2.24) is 5.32 Å². The zero-order chi connectivity index (χ0) is 19.1. The van der Waals surface area contributed by atoms with E-state index in [1.165, 1.54) is 0 Å². The molecule has 6 heteroatoms. The monoisotopic (exact) mass is 361 g/mol. The first-order valence-electron chi connectivity index (χ1n) is 8.88. The molecule has 26 heavy (non-hydrogen) atoms. The zero-order valence-electron chi connectivity index (χ0n) is 15.8. The van der Waals surface area contributed by atoms with Crippen LogP contribution in [0.4, 0.5) is 0 Å². The molecule has 0 radical (unpaired) electrons. The van der Waals surface area contributed by atoms with Gasteiger partial charge in [-0.2, -0.15) is 0 Å². The molecule has 1 aromatic heterocycles. The normalized spacial score (nSPS) is 12.3. The Labute approximate surface area is 153 Å². The molecule has 2 rings (SSSR count). The summed E-state index contributed by atoms with van der Waals surface area (Å²) in [5.74, 6) is -0.328. The van der Waals surface area contributed by atoms with Crippen LogP contribution in [0.1, 0.15) is 49.7 Å². The highest BCUT2D eigenvalue weighted by Crippen LogP contribution is 2.27. The van der Waals surface area contributed by atoms with Crippen molar-refractivity contribution in [3.63, 3.8) is 0 Å². The summed E-state index contributed by atoms with van der Waals surface area (Å²) < 4.78 is 15.9. The molecule has 142 valence electrons. The van der Waals surface area contributed by atoms with E-state index in [2.05, 4.69) is 19.2 Å². The molecule has 1 heterocycles. The molecule has 1 aromatic carbocycles. The minimum atomic E-state index is -0.668. The van der Waals surface area contributed by atoms with Gasteiger partial charge >= 0.3 is 5.97 Å². The van der Waals surface area contributed by atoms with E-state index >= 15 is 0 Å². The highest BCUT2D eigenvalue weighted by molar-refractivity contribution is 5.96. The quantitative estimate of drug-likeness (QED) is 0.690. The number of methoxy groups -OCH3 is 1. The Morgan fingerprint density at radius 2 is 1.88 bits per heavy atom. The third-order valence-corrected chi connectivity index (χ3v) is 4.09. The third kappa shape index (κ3) is 5.33. The van der Waals surface area contributed by atoms with Crippen LogP contribution in [0.3, 0.4) is 0 Å². The van der Waals surface area contributed by atoms with Crippen molar-refractivity contribution >= 4 is 22.8 Å². The molecular weight excluding hydrogens is 334 g/mol. The molecule has 6 nitrogen and oxygen atoms in total. The Morgan fingerprint density at radius 3 is 2.58 bits per heavy atom. The van der Waals surface area contributed by atoms with E-state index in [0.29, 0.717) is 17.1 Å². The highest BCUT2D eigenvalue weighted by Gasteiger charge is 2.22. The molecule has 0 bridgehead atoms. The summed E-state index contributed by atoms with van der Waals surface area (Å²) in [4.78, 5) is 24.3. The molecule has 0 spiro atoms. The lowest BCUT2D eigenvalue weighted by molar-refractivity contribution is -0.124. The maximum absolute atomic E-state index is 12.4. The predicted molar refractivity (Wildman–Crippen MR) is 98.9 cm³/mol. The summed E-state index contributed by atoms with van der Waals surface area (Å²) in [5, 5.41) is 3.64. The van der Waals surface area contributed by atoms with Crippen LogP contribution in [0.2, 0.25) is 0 Å². The van der Waals surface area contributed by atoms with Gasteiger partial charge in [-0.05, 0) is 31.7 Å². The average molecular weight is 361 g/mol. The summed E-state index contributed by atoms with van der Waals surface area (Å²) in [6, 6.07) is 7.35. The number of carbonyl (C=O) groups is 2. The van der Waals surface area contributed by atoms with E-state index < -0.39 is 5.97 Å². The van der Waals surface area contributed by atoms with E-state index in [4.69, 9.17) is 13.9 Å². The van der Waals surface area contributed by atoms with Gasteiger partial charge in [-0.15, -0.1) is 0 Å². The van der Waals surface area contributed by atoms with Gasteiger partial charge in [0.2, 0.25) is 5.76 Å². The third-order valence-electron chi connectivity index (χ3n) is 4.09. The van der Waals surface area contributed by atoms with E-state index in [1.54, 1.807) is 13.2 Å². The number of hydrogen-bond donors (Lipinski definition) is 1. The second-order valence-electron chi connectivity index (χ2n) is 6.85. The fourth-order valence-electron chi connectivity index (χ4n) is 2.72. The average Bonchev–Trinajstić information content (AvgIpc) is 2.97.